The standard InChI is InChI=1S/C13H18ClNO/c1-13(2,3)11(8-12(15)16)9-4-6-10(14)7-5-9/h4-7,11H,8H2,1-3H3,(H2,15,16). The zero-order valence-corrected chi connectivity index (χ0v) is 10.7. The van der Waals surface area contributed by atoms with Gasteiger partial charge in [-0.05, 0) is 29.0 Å². The van der Waals surface area contributed by atoms with Crippen LogP contribution in [-0.4, -0.2) is 5.91 Å². The molecule has 2 nitrogen and oxygen atoms in total. The SMILES string of the molecule is CC(C)(C)C(CC(N)=O)c1ccc(Cl)cc1. The Morgan fingerprint density at radius 1 is 1.31 bits per heavy atom. The Bertz CT molecular complexity index is 365. The lowest BCUT2D eigenvalue weighted by Gasteiger charge is -2.30. The van der Waals surface area contributed by atoms with Crippen molar-refractivity contribution in [2.75, 3.05) is 0 Å². The second kappa shape index (κ2) is 4.88. The molecule has 88 valence electrons. The van der Waals surface area contributed by atoms with E-state index >= 15 is 0 Å². The van der Waals surface area contributed by atoms with E-state index in [9.17, 15) is 4.79 Å². The maximum atomic E-state index is 11.1. The molecule has 0 saturated heterocycles. The number of hydrogen-bond donors (Lipinski definition) is 1. The molecular weight excluding hydrogens is 222 g/mol. The third kappa shape index (κ3) is 3.53. The fourth-order valence-corrected chi connectivity index (χ4v) is 1.95. The Hall–Kier alpha value is -1.02. The fraction of sp³-hybridized carbons (Fsp3) is 0.462. The highest BCUT2D eigenvalue weighted by atomic mass is 35.5. The minimum atomic E-state index is -0.269. The second-order valence-corrected chi connectivity index (χ2v) is 5.58. The van der Waals surface area contributed by atoms with Gasteiger partial charge in [0.2, 0.25) is 5.91 Å². The average molecular weight is 240 g/mol. The van der Waals surface area contributed by atoms with Crippen LogP contribution in [-0.2, 0) is 4.79 Å². The predicted octanol–water partition coefficient (Wildman–Crippen LogP) is 3.35. The number of carbonyl (C=O) groups excluding carboxylic acids is 1. The molecule has 0 aliphatic heterocycles. The van der Waals surface area contributed by atoms with Gasteiger partial charge in [-0.2, -0.15) is 0 Å². The molecule has 0 bridgehead atoms. The lowest BCUT2D eigenvalue weighted by Crippen LogP contribution is -2.24. The molecule has 1 rings (SSSR count). The number of amides is 1. The summed E-state index contributed by atoms with van der Waals surface area (Å²) in [7, 11) is 0. The molecule has 1 unspecified atom stereocenters. The van der Waals surface area contributed by atoms with Crippen LogP contribution in [0.3, 0.4) is 0 Å². The Kier molecular flexibility index (Phi) is 3.98. The second-order valence-electron chi connectivity index (χ2n) is 5.14. The highest BCUT2D eigenvalue weighted by Crippen LogP contribution is 2.37. The van der Waals surface area contributed by atoms with Crippen molar-refractivity contribution in [3.8, 4) is 0 Å². The lowest BCUT2D eigenvalue weighted by molar-refractivity contribution is -0.118. The van der Waals surface area contributed by atoms with Crippen molar-refractivity contribution < 1.29 is 4.79 Å². The number of primary amides is 1. The largest absolute Gasteiger partial charge is 0.370 e. The van der Waals surface area contributed by atoms with Crippen molar-refractivity contribution in [2.45, 2.75) is 33.1 Å². The van der Waals surface area contributed by atoms with Crippen LogP contribution in [0.5, 0.6) is 0 Å². The summed E-state index contributed by atoms with van der Waals surface area (Å²) in [6.07, 6.45) is 0.366. The lowest BCUT2D eigenvalue weighted by atomic mass is 9.74. The highest BCUT2D eigenvalue weighted by molar-refractivity contribution is 6.30. The van der Waals surface area contributed by atoms with E-state index in [2.05, 4.69) is 20.8 Å². The van der Waals surface area contributed by atoms with Crippen LogP contribution in [0.15, 0.2) is 24.3 Å². The summed E-state index contributed by atoms with van der Waals surface area (Å²) in [4.78, 5) is 11.1. The first-order valence-corrected chi connectivity index (χ1v) is 5.72. The van der Waals surface area contributed by atoms with Crippen LogP contribution < -0.4 is 5.73 Å². The van der Waals surface area contributed by atoms with Gasteiger partial charge in [-0.25, -0.2) is 0 Å². The Balaban J connectivity index is 3.01. The van der Waals surface area contributed by atoms with E-state index < -0.39 is 0 Å². The van der Waals surface area contributed by atoms with Crippen LogP contribution >= 0.6 is 11.6 Å². The van der Waals surface area contributed by atoms with Crippen molar-refractivity contribution in [1.82, 2.24) is 0 Å². The van der Waals surface area contributed by atoms with Gasteiger partial charge < -0.3 is 5.73 Å². The number of halogens is 1. The molecule has 1 atom stereocenters. The molecule has 0 aromatic heterocycles. The summed E-state index contributed by atoms with van der Waals surface area (Å²) in [5.74, 6) is -0.142. The Morgan fingerprint density at radius 2 is 1.81 bits per heavy atom. The van der Waals surface area contributed by atoms with E-state index in [1.165, 1.54) is 0 Å². The van der Waals surface area contributed by atoms with Gasteiger partial charge >= 0.3 is 0 Å². The maximum absolute atomic E-state index is 11.1. The summed E-state index contributed by atoms with van der Waals surface area (Å²) in [6, 6.07) is 7.61. The van der Waals surface area contributed by atoms with Gasteiger partial charge in [-0.3, -0.25) is 4.79 Å². The van der Waals surface area contributed by atoms with Gasteiger partial charge in [0.05, 0.1) is 0 Å². The number of benzene rings is 1. The van der Waals surface area contributed by atoms with Crippen LogP contribution in [0.4, 0.5) is 0 Å². The van der Waals surface area contributed by atoms with Crippen molar-refractivity contribution in [3.05, 3.63) is 34.9 Å². The minimum Gasteiger partial charge on any atom is -0.370 e. The first kappa shape index (κ1) is 13.0. The van der Waals surface area contributed by atoms with Crippen LogP contribution in [0.25, 0.3) is 0 Å². The van der Waals surface area contributed by atoms with Crippen LogP contribution in [0.2, 0.25) is 5.02 Å². The van der Waals surface area contributed by atoms with E-state index in [0.29, 0.717) is 11.4 Å². The topological polar surface area (TPSA) is 43.1 Å². The van der Waals surface area contributed by atoms with Gasteiger partial charge in [0.25, 0.3) is 0 Å². The first-order chi connectivity index (χ1) is 7.30. The molecule has 0 heterocycles. The van der Waals surface area contributed by atoms with Crippen LogP contribution in [0.1, 0.15) is 38.7 Å². The van der Waals surface area contributed by atoms with Gasteiger partial charge in [0.1, 0.15) is 0 Å². The smallest absolute Gasteiger partial charge is 0.218 e. The van der Waals surface area contributed by atoms with Crippen molar-refractivity contribution >= 4 is 17.5 Å². The molecule has 1 aromatic rings. The van der Waals surface area contributed by atoms with Gasteiger partial charge in [0.15, 0.2) is 0 Å². The number of nitrogens with two attached hydrogens (primary N) is 1. The summed E-state index contributed by atoms with van der Waals surface area (Å²) in [6.45, 7) is 6.32. The molecule has 0 fully saturated rings. The van der Waals surface area contributed by atoms with E-state index in [-0.39, 0.29) is 17.2 Å². The monoisotopic (exact) mass is 239 g/mol. The Labute approximate surface area is 102 Å². The number of hydrogen-bond acceptors (Lipinski definition) is 1. The molecule has 2 N–H and O–H groups in total. The quantitative estimate of drug-likeness (QED) is 0.864. The normalized spacial score (nSPS) is 13.5. The maximum Gasteiger partial charge on any atom is 0.218 e. The molecule has 1 amide bonds. The number of carbonyl (C=O) groups is 1. The zero-order chi connectivity index (χ0) is 12.3. The van der Waals surface area contributed by atoms with E-state index in [0.717, 1.165) is 5.56 Å². The summed E-state index contributed by atoms with van der Waals surface area (Å²) < 4.78 is 0. The molecule has 3 heteroatoms. The van der Waals surface area contributed by atoms with Crippen molar-refractivity contribution in [2.24, 2.45) is 11.1 Å². The minimum absolute atomic E-state index is 0.00284. The molecular formula is C13H18ClNO. The summed E-state index contributed by atoms with van der Waals surface area (Å²) in [5.41, 5.74) is 6.40. The van der Waals surface area contributed by atoms with Crippen molar-refractivity contribution in [1.29, 1.82) is 0 Å². The van der Waals surface area contributed by atoms with E-state index in [1.54, 1.807) is 0 Å². The molecule has 0 aliphatic rings. The van der Waals surface area contributed by atoms with Crippen LogP contribution in [0, 0.1) is 5.41 Å². The first-order valence-electron chi connectivity index (χ1n) is 5.34. The predicted molar refractivity (Wildman–Crippen MR) is 67.5 cm³/mol. The molecule has 0 aliphatic carbocycles. The summed E-state index contributed by atoms with van der Waals surface area (Å²) in [5, 5.41) is 0.704. The third-order valence-corrected chi connectivity index (χ3v) is 2.98. The van der Waals surface area contributed by atoms with E-state index in [4.69, 9.17) is 17.3 Å². The Morgan fingerprint density at radius 3 is 2.19 bits per heavy atom. The zero-order valence-electron chi connectivity index (χ0n) is 9.96. The van der Waals surface area contributed by atoms with Gasteiger partial charge in [0, 0.05) is 11.4 Å². The van der Waals surface area contributed by atoms with Crippen molar-refractivity contribution in [3.63, 3.8) is 0 Å². The van der Waals surface area contributed by atoms with Gasteiger partial charge in [-0.1, -0.05) is 44.5 Å². The molecule has 0 spiro atoms. The van der Waals surface area contributed by atoms with E-state index in [1.807, 2.05) is 24.3 Å². The third-order valence-electron chi connectivity index (χ3n) is 2.72. The number of rotatable bonds is 3. The molecule has 16 heavy (non-hydrogen) atoms. The molecule has 0 saturated carbocycles. The summed E-state index contributed by atoms with van der Waals surface area (Å²) >= 11 is 5.84. The molecule has 1 aromatic carbocycles. The van der Waals surface area contributed by atoms with Gasteiger partial charge in [-0.15, -0.1) is 0 Å². The average Bonchev–Trinajstić information content (AvgIpc) is 2.14. The highest BCUT2D eigenvalue weighted by Gasteiger charge is 2.27. The molecule has 0 radical (unpaired) electrons. The fourth-order valence-electron chi connectivity index (χ4n) is 1.82.